The van der Waals surface area contributed by atoms with E-state index in [1.807, 2.05) is 29.7 Å². The molecular weight excluding hydrogens is 505 g/mol. The molecule has 0 spiro atoms. The van der Waals surface area contributed by atoms with Gasteiger partial charge in [-0.15, -0.1) is 0 Å². The lowest BCUT2D eigenvalue weighted by atomic mass is 9.93. The number of esters is 1. The highest BCUT2D eigenvalue weighted by atomic mass is 35.5. The summed E-state index contributed by atoms with van der Waals surface area (Å²) < 4.78 is 13.0. The van der Waals surface area contributed by atoms with Crippen LogP contribution < -0.4 is 4.90 Å². The minimum absolute atomic E-state index is 0.0892. The van der Waals surface area contributed by atoms with Crippen LogP contribution in [0.1, 0.15) is 48.4 Å². The van der Waals surface area contributed by atoms with E-state index in [4.69, 9.17) is 32.7 Å². The van der Waals surface area contributed by atoms with Gasteiger partial charge in [0.2, 0.25) is 0 Å². The van der Waals surface area contributed by atoms with Gasteiger partial charge in [-0.05, 0) is 50.5 Å². The van der Waals surface area contributed by atoms with Gasteiger partial charge in [-0.2, -0.15) is 0 Å². The number of carbonyl (C=O) groups excluding carboxylic acids is 2. The van der Waals surface area contributed by atoms with Gasteiger partial charge in [-0.3, -0.25) is 14.2 Å². The van der Waals surface area contributed by atoms with Crippen LogP contribution in [0, 0.1) is 0 Å². The number of anilines is 1. The smallest absolute Gasteiger partial charge is 0.358 e. The summed E-state index contributed by atoms with van der Waals surface area (Å²) in [4.78, 5) is 38.5. The summed E-state index contributed by atoms with van der Waals surface area (Å²) in [6.45, 7) is 7.37. The fourth-order valence-electron chi connectivity index (χ4n) is 5.10. The zero-order valence-electron chi connectivity index (χ0n) is 20.3. The summed E-state index contributed by atoms with van der Waals surface area (Å²) in [5.74, 6) is 0.141. The van der Waals surface area contributed by atoms with E-state index in [2.05, 4.69) is 9.97 Å². The Morgan fingerprint density at radius 2 is 2.00 bits per heavy atom. The van der Waals surface area contributed by atoms with Gasteiger partial charge in [-0.25, -0.2) is 9.78 Å². The van der Waals surface area contributed by atoms with Crippen molar-refractivity contribution in [2.24, 2.45) is 0 Å². The summed E-state index contributed by atoms with van der Waals surface area (Å²) >= 11 is 12.7. The Hall–Kier alpha value is -2.88. The molecule has 3 aromatic rings. The summed E-state index contributed by atoms with van der Waals surface area (Å²) in [6.07, 6.45) is 4.72. The van der Waals surface area contributed by atoms with Gasteiger partial charge >= 0.3 is 5.97 Å². The molecule has 1 fully saturated rings. The molecule has 1 aromatic carbocycles. The summed E-state index contributed by atoms with van der Waals surface area (Å²) in [5.41, 5.74) is 2.73. The van der Waals surface area contributed by atoms with Crippen LogP contribution in [0.2, 0.25) is 10.0 Å². The Balaban J connectivity index is 1.40. The van der Waals surface area contributed by atoms with Crippen LogP contribution in [0.5, 0.6) is 0 Å². The Bertz CT molecular complexity index is 1330. The molecule has 2 aromatic heterocycles. The maximum absolute atomic E-state index is 13.7. The first-order chi connectivity index (χ1) is 17.3. The molecular formula is C25H27Cl2N5O4. The molecule has 1 amide bonds. The number of nitrogens with zero attached hydrogens (tertiary/aromatic N) is 5. The molecule has 190 valence electrons. The molecule has 11 heteroatoms. The fourth-order valence-corrected chi connectivity index (χ4v) is 5.80. The molecule has 0 unspecified atom stereocenters. The molecule has 1 saturated heterocycles. The third-order valence-corrected chi connectivity index (χ3v) is 7.21. The van der Waals surface area contributed by atoms with Crippen LogP contribution in [-0.4, -0.2) is 69.6 Å². The first-order valence-electron chi connectivity index (χ1n) is 12.0. The summed E-state index contributed by atoms with van der Waals surface area (Å²) in [7, 11) is 0. The Labute approximate surface area is 218 Å². The maximum Gasteiger partial charge on any atom is 0.358 e. The van der Waals surface area contributed by atoms with Gasteiger partial charge in [0.15, 0.2) is 17.4 Å². The Morgan fingerprint density at radius 1 is 1.19 bits per heavy atom. The number of imidazole rings is 1. The second kappa shape index (κ2) is 9.88. The topological polar surface area (TPSA) is 89.3 Å². The highest BCUT2D eigenvalue weighted by Gasteiger charge is 2.38. The zero-order valence-corrected chi connectivity index (χ0v) is 21.8. The fraction of sp³-hybridized carbons (Fsp3) is 0.440. The van der Waals surface area contributed by atoms with Crippen LogP contribution >= 0.6 is 23.2 Å². The van der Waals surface area contributed by atoms with Crippen molar-refractivity contribution >= 4 is 46.5 Å². The minimum Gasteiger partial charge on any atom is -0.461 e. The number of aromatic nitrogens is 3. The van der Waals surface area contributed by atoms with Gasteiger partial charge in [0.05, 0.1) is 37.7 Å². The third kappa shape index (κ3) is 4.51. The molecule has 0 saturated carbocycles. The number of fused-ring (bicyclic) bond motifs is 2. The van der Waals surface area contributed by atoms with Crippen molar-refractivity contribution in [3.05, 3.63) is 57.6 Å². The number of ether oxygens (including phenoxy) is 2. The lowest BCUT2D eigenvalue weighted by Crippen LogP contribution is -2.55. The number of hydrogen-bond donors (Lipinski definition) is 0. The number of benzene rings is 1. The number of rotatable bonds is 4. The highest BCUT2D eigenvalue weighted by Crippen LogP contribution is 2.37. The normalized spacial score (nSPS) is 22.0. The molecule has 5 rings (SSSR count). The van der Waals surface area contributed by atoms with E-state index in [1.54, 1.807) is 36.0 Å². The van der Waals surface area contributed by atoms with Gasteiger partial charge in [-0.1, -0.05) is 23.2 Å². The molecule has 2 aliphatic heterocycles. The second-order valence-electron chi connectivity index (χ2n) is 9.10. The minimum atomic E-state index is -0.674. The standard InChI is InChI=1S/C25H27Cl2N5O4/c1-4-35-25(34)19-12-32-21(29-19)9-28-10-22(32)30-11-14(2)36-20(13-30)24(33)31-6-5-16-7-17(26)8-18(27)23(16)15(31)3/h7-10,12,14-15,20H,4-6,11,13H2,1-3H3/t14-,15+,20-/m1/s1. The number of hydrogen-bond acceptors (Lipinski definition) is 7. The first kappa shape index (κ1) is 24.8. The third-order valence-electron chi connectivity index (χ3n) is 6.67. The molecule has 0 N–H and O–H groups in total. The molecule has 36 heavy (non-hydrogen) atoms. The van der Waals surface area contributed by atoms with E-state index in [0.29, 0.717) is 41.7 Å². The van der Waals surface area contributed by atoms with Crippen molar-refractivity contribution in [2.75, 3.05) is 31.1 Å². The van der Waals surface area contributed by atoms with Crippen LogP contribution in [0.15, 0.2) is 30.7 Å². The largest absolute Gasteiger partial charge is 0.461 e. The predicted octanol–water partition coefficient (Wildman–Crippen LogP) is 3.95. The van der Waals surface area contributed by atoms with Gasteiger partial charge in [0.1, 0.15) is 5.82 Å². The Kier molecular flexibility index (Phi) is 6.80. The molecule has 3 atom stereocenters. The summed E-state index contributed by atoms with van der Waals surface area (Å²) in [6, 6.07) is 3.44. The van der Waals surface area contributed by atoms with E-state index < -0.39 is 12.1 Å². The SMILES string of the molecule is CCOC(=O)c1cn2c(N3C[C@@H](C)O[C@@H](C(=O)N4CCc5cc(Cl)cc(Cl)c5[C@@H]4C)C3)cncc2n1. The lowest BCUT2D eigenvalue weighted by Gasteiger charge is -2.42. The molecule has 9 nitrogen and oxygen atoms in total. The van der Waals surface area contributed by atoms with Crippen molar-refractivity contribution in [3.63, 3.8) is 0 Å². The van der Waals surface area contributed by atoms with E-state index in [1.165, 1.54) is 0 Å². The molecule has 0 aliphatic carbocycles. The zero-order chi connectivity index (χ0) is 25.6. The van der Waals surface area contributed by atoms with E-state index in [9.17, 15) is 9.59 Å². The van der Waals surface area contributed by atoms with Crippen molar-refractivity contribution in [3.8, 4) is 0 Å². The lowest BCUT2D eigenvalue weighted by molar-refractivity contribution is -0.151. The average Bonchev–Trinajstić information content (AvgIpc) is 3.28. The quantitative estimate of drug-likeness (QED) is 0.470. The average molecular weight is 532 g/mol. The van der Waals surface area contributed by atoms with E-state index in [-0.39, 0.29) is 30.4 Å². The van der Waals surface area contributed by atoms with E-state index in [0.717, 1.165) is 16.9 Å². The first-order valence-corrected chi connectivity index (χ1v) is 12.7. The number of morpholine rings is 1. The molecule has 2 aliphatic rings. The van der Waals surface area contributed by atoms with Crippen molar-refractivity contribution in [1.29, 1.82) is 0 Å². The van der Waals surface area contributed by atoms with Crippen LogP contribution in [0.3, 0.4) is 0 Å². The molecule has 0 bridgehead atoms. The highest BCUT2D eigenvalue weighted by molar-refractivity contribution is 6.35. The van der Waals surface area contributed by atoms with Crippen molar-refractivity contribution in [1.82, 2.24) is 19.3 Å². The van der Waals surface area contributed by atoms with Crippen molar-refractivity contribution in [2.45, 2.75) is 45.4 Å². The van der Waals surface area contributed by atoms with Crippen LogP contribution in [0.25, 0.3) is 5.65 Å². The van der Waals surface area contributed by atoms with Crippen molar-refractivity contribution < 1.29 is 19.1 Å². The maximum atomic E-state index is 13.7. The molecule has 4 heterocycles. The van der Waals surface area contributed by atoms with Crippen LogP contribution in [-0.2, 0) is 20.7 Å². The van der Waals surface area contributed by atoms with Gasteiger partial charge in [0, 0.05) is 29.3 Å². The van der Waals surface area contributed by atoms with Gasteiger partial charge < -0.3 is 19.3 Å². The van der Waals surface area contributed by atoms with Gasteiger partial charge in [0.25, 0.3) is 5.91 Å². The number of carbonyl (C=O) groups is 2. The predicted molar refractivity (Wildman–Crippen MR) is 136 cm³/mol. The van der Waals surface area contributed by atoms with E-state index >= 15 is 0 Å². The Morgan fingerprint density at radius 3 is 2.78 bits per heavy atom. The summed E-state index contributed by atoms with van der Waals surface area (Å²) in [5, 5.41) is 1.16. The second-order valence-corrected chi connectivity index (χ2v) is 9.94. The number of halogens is 2. The number of amides is 1. The molecule has 0 radical (unpaired) electrons. The monoisotopic (exact) mass is 531 g/mol. The van der Waals surface area contributed by atoms with Crippen LogP contribution in [0.4, 0.5) is 5.82 Å².